The molecule has 0 aromatic heterocycles. The number of hydrogen-bond acceptors (Lipinski definition) is 6. The normalized spacial score (nSPS) is 20.8. The summed E-state index contributed by atoms with van der Waals surface area (Å²) in [5.41, 5.74) is 3.24. The van der Waals surface area contributed by atoms with Crippen molar-refractivity contribution in [1.29, 1.82) is 0 Å². The minimum absolute atomic E-state index is 0.0423. The lowest BCUT2D eigenvalue weighted by atomic mass is 9.74. The first-order valence-corrected chi connectivity index (χ1v) is 15.8. The van der Waals surface area contributed by atoms with Crippen LogP contribution >= 0.6 is 0 Å². The van der Waals surface area contributed by atoms with Gasteiger partial charge in [-0.25, -0.2) is 0 Å². The van der Waals surface area contributed by atoms with Crippen LogP contribution in [0.4, 0.5) is 5.69 Å². The Balaban J connectivity index is 1.18. The molecule has 1 saturated heterocycles. The average Bonchev–Trinajstić information content (AvgIpc) is 3.03. The van der Waals surface area contributed by atoms with Crippen LogP contribution in [0.3, 0.4) is 0 Å². The Kier molecular flexibility index (Phi) is 10.7. The summed E-state index contributed by atoms with van der Waals surface area (Å²) >= 11 is 0. The number of anilines is 1. The van der Waals surface area contributed by atoms with Crippen molar-refractivity contribution < 1.29 is 23.9 Å². The maximum atomic E-state index is 13.6. The molecule has 0 bridgehead atoms. The smallest absolute Gasteiger partial charge is 0.255 e. The van der Waals surface area contributed by atoms with Gasteiger partial charge in [-0.3, -0.25) is 24.1 Å². The Hall–Kier alpha value is -4.18. The van der Waals surface area contributed by atoms with Gasteiger partial charge in [0.1, 0.15) is 12.4 Å². The van der Waals surface area contributed by atoms with E-state index in [4.69, 9.17) is 4.74 Å². The fourth-order valence-corrected chi connectivity index (χ4v) is 6.30. The van der Waals surface area contributed by atoms with Gasteiger partial charge >= 0.3 is 0 Å². The number of nitrogens with one attached hydrogen (secondary N) is 4. The molecule has 0 radical (unpaired) electrons. The Morgan fingerprint density at radius 1 is 0.886 bits per heavy atom. The quantitative estimate of drug-likeness (QED) is 0.428. The van der Waals surface area contributed by atoms with Crippen LogP contribution in [-0.4, -0.2) is 74.4 Å². The number of para-hydroxylation sites is 1. The van der Waals surface area contributed by atoms with Crippen molar-refractivity contribution in [3.8, 4) is 5.75 Å². The van der Waals surface area contributed by atoms with E-state index in [1.54, 1.807) is 30.3 Å². The highest BCUT2D eigenvalue weighted by molar-refractivity contribution is 5.97. The SMILES string of the molecule is O=C1/C=C/CC2(CCN(CC(=O)Nc3cccc4c3CCCC4)CC2)C(=O)NCCCNC(=O)c2ccccc2OCCN1. The van der Waals surface area contributed by atoms with Crippen molar-refractivity contribution in [3.63, 3.8) is 0 Å². The number of hydrogen-bond donors (Lipinski definition) is 4. The lowest BCUT2D eigenvalue weighted by Gasteiger charge is -2.40. The second kappa shape index (κ2) is 15.0. The largest absolute Gasteiger partial charge is 0.491 e. The van der Waals surface area contributed by atoms with Crippen LogP contribution < -0.4 is 26.0 Å². The molecule has 234 valence electrons. The predicted molar refractivity (Wildman–Crippen MR) is 168 cm³/mol. The highest BCUT2D eigenvalue weighted by Crippen LogP contribution is 2.36. The zero-order valence-electron chi connectivity index (χ0n) is 25.3. The van der Waals surface area contributed by atoms with Gasteiger partial charge < -0.3 is 26.0 Å². The minimum Gasteiger partial charge on any atom is -0.491 e. The third-order valence-electron chi connectivity index (χ3n) is 8.83. The molecule has 4 N–H and O–H groups in total. The number of fused-ring (bicyclic) bond motifs is 2. The number of allylic oxidation sites excluding steroid dienone is 1. The summed E-state index contributed by atoms with van der Waals surface area (Å²) in [6, 6.07) is 13.1. The number of rotatable bonds is 3. The van der Waals surface area contributed by atoms with Crippen molar-refractivity contribution in [3.05, 3.63) is 71.3 Å². The lowest BCUT2D eigenvalue weighted by Crippen LogP contribution is -2.50. The van der Waals surface area contributed by atoms with E-state index in [2.05, 4.69) is 32.2 Å². The molecule has 2 heterocycles. The van der Waals surface area contributed by atoms with Crippen LogP contribution in [0, 0.1) is 5.41 Å². The molecular formula is C34H43N5O5. The van der Waals surface area contributed by atoms with E-state index in [-0.39, 0.29) is 43.3 Å². The van der Waals surface area contributed by atoms with E-state index in [0.717, 1.165) is 24.9 Å². The average molecular weight is 602 g/mol. The molecule has 2 aromatic carbocycles. The third-order valence-corrected chi connectivity index (χ3v) is 8.83. The molecule has 2 aromatic rings. The van der Waals surface area contributed by atoms with Gasteiger partial charge in [0.25, 0.3) is 5.91 Å². The molecule has 1 spiro atoms. The molecule has 10 nitrogen and oxygen atoms in total. The number of ether oxygens (including phenoxy) is 1. The first kappa shape index (κ1) is 31.3. The summed E-state index contributed by atoms with van der Waals surface area (Å²) in [4.78, 5) is 53.9. The fourth-order valence-electron chi connectivity index (χ4n) is 6.30. The number of nitrogens with zero attached hydrogens (tertiary/aromatic N) is 1. The zero-order chi connectivity index (χ0) is 30.8. The van der Waals surface area contributed by atoms with Crippen LogP contribution in [-0.2, 0) is 27.2 Å². The molecule has 2 aliphatic heterocycles. The van der Waals surface area contributed by atoms with Gasteiger partial charge in [-0.1, -0.05) is 30.3 Å². The highest BCUT2D eigenvalue weighted by Gasteiger charge is 2.40. The first-order chi connectivity index (χ1) is 21.4. The van der Waals surface area contributed by atoms with Crippen LogP contribution in [0.25, 0.3) is 0 Å². The van der Waals surface area contributed by atoms with Gasteiger partial charge in [0.2, 0.25) is 17.7 Å². The number of aryl methyl sites for hydroxylation is 1. The van der Waals surface area contributed by atoms with E-state index in [1.165, 1.54) is 23.6 Å². The highest BCUT2D eigenvalue weighted by atomic mass is 16.5. The molecule has 0 saturated carbocycles. The van der Waals surface area contributed by atoms with Gasteiger partial charge in [0.05, 0.1) is 24.1 Å². The summed E-state index contributed by atoms with van der Waals surface area (Å²) in [6.07, 6.45) is 9.76. The van der Waals surface area contributed by atoms with Gasteiger partial charge in [-0.2, -0.15) is 0 Å². The van der Waals surface area contributed by atoms with Crippen molar-refractivity contribution in [2.75, 3.05) is 51.2 Å². The van der Waals surface area contributed by atoms with Gasteiger partial charge in [0, 0.05) is 18.8 Å². The second-order valence-electron chi connectivity index (χ2n) is 11.9. The third kappa shape index (κ3) is 8.05. The molecule has 1 aliphatic carbocycles. The van der Waals surface area contributed by atoms with Crippen LogP contribution in [0.2, 0.25) is 0 Å². The number of carbonyl (C=O) groups excluding carboxylic acids is 4. The number of piperidine rings is 1. The number of amides is 4. The van der Waals surface area contributed by atoms with Gasteiger partial charge in [-0.05, 0) is 99.9 Å². The van der Waals surface area contributed by atoms with Crippen LogP contribution in [0.15, 0.2) is 54.6 Å². The number of likely N-dealkylation sites (tertiary alicyclic amines) is 1. The molecule has 3 aliphatic rings. The maximum absolute atomic E-state index is 13.6. The molecule has 10 heteroatoms. The van der Waals surface area contributed by atoms with E-state index in [9.17, 15) is 19.2 Å². The Bertz CT molecular complexity index is 1380. The second-order valence-corrected chi connectivity index (χ2v) is 11.9. The van der Waals surface area contributed by atoms with Gasteiger partial charge in [-0.15, -0.1) is 0 Å². The standard InChI is InChI=1S/C34H43N5O5/c40-30-14-6-15-34(33(43)37-19-7-18-36-32(42)27-11-3-4-13-29(27)44-23-20-35-30)16-21-39(22-17-34)24-31(41)38-28-12-5-9-25-8-1-2-10-26(25)28/h3-6,9,11-14H,1-2,7-8,10,15-24H2,(H,35,40)(H,36,42)(H,37,43)(H,38,41)/b14-6+. The van der Waals surface area contributed by atoms with Crippen molar-refractivity contribution in [2.24, 2.45) is 5.41 Å². The summed E-state index contributed by atoms with van der Waals surface area (Å²) in [6.45, 7) is 2.77. The molecule has 5 rings (SSSR count). The van der Waals surface area contributed by atoms with Gasteiger partial charge in [0.15, 0.2) is 0 Å². The monoisotopic (exact) mass is 601 g/mol. The van der Waals surface area contributed by atoms with E-state index >= 15 is 0 Å². The van der Waals surface area contributed by atoms with E-state index < -0.39 is 5.41 Å². The fraction of sp³-hybridized carbons (Fsp3) is 0.471. The van der Waals surface area contributed by atoms with Crippen LogP contribution in [0.1, 0.15) is 60.0 Å². The number of carbonyl (C=O) groups is 4. The van der Waals surface area contributed by atoms with Crippen molar-refractivity contribution in [1.82, 2.24) is 20.9 Å². The van der Waals surface area contributed by atoms with Crippen molar-refractivity contribution >= 4 is 29.3 Å². The van der Waals surface area contributed by atoms with E-state index in [0.29, 0.717) is 63.2 Å². The summed E-state index contributed by atoms with van der Waals surface area (Å²) in [7, 11) is 0. The number of benzene rings is 2. The summed E-state index contributed by atoms with van der Waals surface area (Å²) < 4.78 is 5.76. The predicted octanol–water partition coefficient (Wildman–Crippen LogP) is 2.98. The summed E-state index contributed by atoms with van der Waals surface area (Å²) in [5.74, 6) is -0.171. The first-order valence-electron chi connectivity index (χ1n) is 15.8. The van der Waals surface area contributed by atoms with Crippen LogP contribution in [0.5, 0.6) is 5.75 Å². The molecule has 0 atom stereocenters. The topological polar surface area (TPSA) is 129 Å². The molecular weight excluding hydrogens is 558 g/mol. The Labute approximate surface area is 259 Å². The van der Waals surface area contributed by atoms with E-state index in [1.807, 2.05) is 12.1 Å². The lowest BCUT2D eigenvalue weighted by molar-refractivity contribution is -0.134. The van der Waals surface area contributed by atoms with Crippen molar-refractivity contribution in [2.45, 2.75) is 51.4 Å². The Morgan fingerprint density at radius 2 is 1.68 bits per heavy atom. The zero-order valence-corrected chi connectivity index (χ0v) is 25.3. The summed E-state index contributed by atoms with van der Waals surface area (Å²) in [5, 5.41) is 11.9. The molecule has 4 amide bonds. The maximum Gasteiger partial charge on any atom is 0.255 e. The molecule has 0 unspecified atom stereocenters. The minimum atomic E-state index is -0.682. The Morgan fingerprint density at radius 3 is 2.55 bits per heavy atom. The molecule has 1 fully saturated rings. The molecule has 44 heavy (non-hydrogen) atoms.